The van der Waals surface area contributed by atoms with Gasteiger partial charge in [-0.15, -0.1) is 0 Å². The second-order valence-corrected chi connectivity index (χ2v) is 5.24. The molecule has 1 unspecified atom stereocenters. The van der Waals surface area contributed by atoms with E-state index in [9.17, 15) is 9.50 Å². The molecule has 1 N–H and O–H groups in total. The molecule has 0 fully saturated rings. The van der Waals surface area contributed by atoms with Gasteiger partial charge in [-0.25, -0.2) is 4.39 Å². The average Bonchev–Trinajstić information content (AvgIpc) is 2.39. The minimum Gasteiger partial charge on any atom is -0.381 e. The van der Waals surface area contributed by atoms with Gasteiger partial charge in [0.1, 0.15) is 11.4 Å². The molecule has 1 aromatic heterocycles. The number of benzene rings is 1. The van der Waals surface area contributed by atoms with Gasteiger partial charge in [-0.05, 0) is 30.0 Å². The number of hydrogen-bond acceptors (Lipinski definition) is 2. The molecule has 19 heavy (non-hydrogen) atoms. The van der Waals surface area contributed by atoms with Crippen molar-refractivity contribution in [2.45, 2.75) is 32.3 Å². The Morgan fingerprint density at radius 3 is 2.26 bits per heavy atom. The van der Waals surface area contributed by atoms with Crippen LogP contribution in [0.2, 0.25) is 0 Å². The Kier molecular flexibility index (Phi) is 3.67. The van der Waals surface area contributed by atoms with Crippen LogP contribution in [0.3, 0.4) is 0 Å². The maximum atomic E-state index is 13.2. The Bertz CT molecular complexity index is 561. The minimum atomic E-state index is -1.25. The predicted octanol–water partition coefficient (Wildman–Crippen LogP) is 3.60. The summed E-state index contributed by atoms with van der Waals surface area (Å²) in [6.45, 7) is 5.88. The van der Waals surface area contributed by atoms with Crippen molar-refractivity contribution in [3.8, 4) is 0 Å². The summed E-state index contributed by atoms with van der Waals surface area (Å²) in [4.78, 5) is 3.79. The molecule has 1 atom stereocenters. The van der Waals surface area contributed by atoms with E-state index in [1.54, 1.807) is 6.92 Å². The molecular formula is C16H18FNO. The summed E-state index contributed by atoms with van der Waals surface area (Å²) in [5, 5.41) is 10.6. The van der Waals surface area contributed by atoms with Gasteiger partial charge in [0.25, 0.3) is 0 Å². The first-order valence-electron chi connectivity index (χ1n) is 6.35. The summed E-state index contributed by atoms with van der Waals surface area (Å²) in [5.74, 6) is -0.00795. The van der Waals surface area contributed by atoms with Gasteiger partial charge < -0.3 is 5.11 Å². The molecule has 0 spiro atoms. The highest BCUT2D eigenvalue weighted by atomic mass is 19.1. The molecule has 1 aromatic carbocycles. The molecule has 100 valence electrons. The van der Waals surface area contributed by atoms with E-state index in [0.717, 1.165) is 11.8 Å². The number of aliphatic hydroxyl groups is 1. The number of halogens is 1. The average molecular weight is 259 g/mol. The predicted molar refractivity (Wildman–Crippen MR) is 73.4 cm³/mol. The number of aromatic nitrogens is 1. The standard InChI is InChI=1S/C16H18FNO/c1-11(2)12-4-6-13(7-5-12)16(3,19)14-8-15(17)10-18-9-14/h4-11,19H,1-3H3. The minimum absolute atomic E-state index is 0.440. The lowest BCUT2D eigenvalue weighted by Gasteiger charge is -2.24. The van der Waals surface area contributed by atoms with Crippen molar-refractivity contribution < 1.29 is 9.50 Å². The summed E-state index contributed by atoms with van der Waals surface area (Å²) in [5.41, 5.74) is 1.14. The van der Waals surface area contributed by atoms with E-state index in [2.05, 4.69) is 18.8 Å². The lowest BCUT2D eigenvalue weighted by molar-refractivity contribution is 0.101. The lowest BCUT2D eigenvalue weighted by atomic mass is 9.88. The molecule has 0 saturated heterocycles. The van der Waals surface area contributed by atoms with Gasteiger partial charge in [0.05, 0.1) is 6.20 Å². The molecule has 0 amide bonds. The second-order valence-electron chi connectivity index (χ2n) is 5.24. The van der Waals surface area contributed by atoms with Crippen LogP contribution in [0.4, 0.5) is 4.39 Å². The van der Waals surface area contributed by atoms with Crippen molar-refractivity contribution in [3.05, 3.63) is 65.2 Å². The number of rotatable bonds is 3. The van der Waals surface area contributed by atoms with Crippen LogP contribution in [-0.4, -0.2) is 10.1 Å². The molecule has 2 nitrogen and oxygen atoms in total. The van der Waals surface area contributed by atoms with Crippen molar-refractivity contribution >= 4 is 0 Å². The Balaban J connectivity index is 2.38. The third-order valence-electron chi connectivity index (χ3n) is 3.41. The summed E-state index contributed by atoms with van der Waals surface area (Å²) in [7, 11) is 0. The van der Waals surface area contributed by atoms with Gasteiger partial charge in [0.15, 0.2) is 0 Å². The van der Waals surface area contributed by atoms with Crippen LogP contribution < -0.4 is 0 Å². The highest BCUT2D eigenvalue weighted by molar-refractivity contribution is 5.36. The van der Waals surface area contributed by atoms with Crippen molar-refractivity contribution in [2.24, 2.45) is 0 Å². The maximum Gasteiger partial charge on any atom is 0.141 e. The molecule has 2 rings (SSSR count). The second kappa shape index (κ2) is 5.10. The summed E-state index contributed by atoms with van der Waals surface area (Å²) in [6.07, 6.45) is 2.61. The molecule has 0 aliphatic heterocycles. The van der Waals surface area contributed by atoms with Crippen LogP contribution in [0.15, 0.2) is 42.7 Å². The normalized spacial score (nSPS) is 14.4. The van der Waals surface area contributed by atoms with Crippen molar-refractivity contribution in [1.82, 2.24) is 4.98 Å². The van der Waals surface area contributed by atoms with Gasteiger partial charge in [0.2, 0.25) is 0 Å². The fourth-order valence-corrected chi connectivity index (χ4v) is 2.04. The summed E-state index contributed by atoms with van der Waals surface area (Å²) < 4.78 is 13.2. The molecule has 0 aliphatic rings. The van der Waals surface area contributed by atoms with E-state index in [1.165, 1.54) is 17.8 Å². The van der Waals surface area contributed by atoms with Crippen LogP contribution in [0.1, 0.15) is 43.4 Å². The quantitative estimate of drug-likeness (QED) is 0.913. The van der Waals surface area contributed by atoms with Crippen molar-refractivity contribution in [1.29, 1.82) is 0 Å². The van der Waals surface area contributed by atoms with Gasteiger partial charge in [-0.1, -0.05) is 38.1 Å². The van der Waals surface area contributed by atoms with Gasteiger partial charge in [-0.2, -0.15) is 0 Å². The molecule has 2 aromatic rings. The molecule has 0 radical (unpaired) electrons. The van der Waals surface area contributed by atoms with Gasteiger partial charge >= 0.3 is 0 Å². The summed E-state index contributed by atoms with van der Waals surface area (Å²) >= 11 is 0. The Morgan fingerprint density at radius 1 is 1.11 bits per heavy atom. The fraction of sp³-hybridized carbons (Fsp3) is 0.312. The molecule has 3 heteroatoms. The highest BCUT2D eigenvalue weighted by Gasteiger charge is 2.26. The number of pyridine rings is 1. The highest BCUT2D eigenvalue weighted by Crippen LogP contribution is 2.29. The first kappa shape index (κ1) is 13.7. The third-order valence-corrected chi connectivity index (χ3v) is 3.41. The topological polar surface area (TPSA) is 33.1 Å². The molecule has 0 bridgehead atoms. The fourth-order valence-electron chi connectivity index (χ4n) is 2.04. The molecule has 0 aliphatic carbocycles. The largest absolute Gasteiger partial charge is 0.381 e. The number of nitrogens with zero attached hydrogens (tertiary/aromatic N) is 1. The maximum absolute atomic E-state index is 13.2. The van der Waals surface area contributed by atoms with E-state index in [-0.39, 0.29) is 0 Å². The zero-order chi connectivity index (χ0) is 14.0. The van der Waals surface area contributed by atoms with Crippen LogP contribution in [-0.2, 0) is 5.60 Å². The molecule has 1 heterocycles. The number of hydrogen-bond donors (Lipinski definition) is 1. The lowest BCUT2D eigenvalue weighted by Crippen LogP contribution is -2.23. The first-order valence-corrected chi connectivity index (χ1v) is 6.35. The monoisotopic (exact) mass is 259 g/mol. The SMILES string of the molecule is CC(C)c1ccc(C(C)(O)c2cncc(F)c2)cc1. The van der Waals surface area contributed by atoms with E-state index in [1.807, 2.05) is 24.3 Å². The Hall–Kier alpha value is -1.74. The summed E-state index contributed by atoms with van der Waals surface area (Å²) in [6, 6.07) is 9.03. The van der Waals surface area contributed by atoms with Crippen LogP contribution in [0, 0.1) is 5.82 Å². The van der Waals surface area contributed by atoms with E-state index in [0.29, 0.717) is 11.5 Å². The zero-order valence-electron chi connectivity index (χ0n) is 11.4. The Labute approximate surface area is 112 Å². The third kappa shape index (κ3) is 2.82. The van der Waals surface area contributed by atoms with Crippen molar-refractivity contribution in [3.63, 3.8) is 0 Å². The zero-order valence-corrected chi connectivity index (χ0v) is 11.4. The van der Waals surface area contributed by atoms with Gasteiger partial charge in [-0.3, -0.25) is 4.98 Å². The molecular weight excluding hydrogens is 241 g/mol. The van der Waals surface area contributed by atoms with Crippen LogP contribution in [0.5, 0.6) is 0 Å². The Morgan fingerprint density at radius 2 is 1.74 bits per heavy atom. The van der Waals surface area contributed by atoms with Gasteiger partial charge in [0, 0.05) is 11.8 Å². The van der Waals surface area contributed by atoms with Crippen molar-refractivity contribution in [2.75, 3.05) is 0 Å². The van der Waals surface area contributed by atoms with Crippen LogP contribution >= 0.6 is 0 Å². The van der Waals surface area contributed by atoms with E-state index in [4.69, 9.17) is 0 Å². The molecule has 0 saturated carbocycles. The van der Waals surface area contributed by atoms with Crippen LogP contribution in [0.25, 0.3) is 0 Å². The van der Waals surface area contributed by atoms with E-state index < -0.39 is 11.4 Å². The smallest absolute Gasteiger partial charge is 0.141 e. The first-order chi connectivity index (χ1) is 8.91. The van der Waals surface area contributed by atoms with E-state index >= 15 is 0 Å².